The molecule has 0 aliphatic heterocycles. The summed E-state index contributed by atoms with van der Waals surface area (Å²) in [6.07, 6.45) is 2.15. The summed E-state index contributed by atoms with van der Waals surface area (Å²) in [5, 5.41) is 3.11. The molecule has 0 aliphatic rings. The fraction of sp³-hybridized carbons (Fsp3) is 0.261. The lowest BCUT2D eigenvalue weighted by atomic mass is 9.98. The van der Waals surface area contributed by atoms with Crippen LogP contribution in [0.2, 0.25) is 0 Å². The van der Waals surface area contributed by atoms with Gasteiger partial charge in [0.1, 0.15) is 16.9 Å². The average Bonchev–Trinajstić information content (AvgIpc) is 2.79. The summed E-state index contributed by atoms with van der Waals surface area (Å²) in [7, 11) is 4.19. The highest BCUT2D eigenvalue weighted by molar-refractivity contribution is 6.11. The molecule has 0 aliphatic carbocycles. The van der Waals surface area contributed by atoms with Crippen molar-refractivity contribution in [1.29, 1.82) is 0 Å². The number of pyridine rings is 1. The number of aromatic nitrogens is 1. The number of benzene rings is 2. The van der Waals surface area contributed by atoms with E-state index in [1.807, 2.05) is 19.9 Å². The van der Waals surface area contributed by atoms with Gasteiger partial charge in [0.25, 0.3) is 5.91 Å². The minimum absolute atomic E-state index is 0.120. The van der Waals surface area contributed by atoms with Gasteiger partial charge in [0.15, 0.2) is 5.75 Å². The second kappa shape index (κ2) is 10.3. The van der Waals surface area contributed by atoms with E-state index in [2.05, 4.69) is 10.3 Å². The molecule has 1 amide bonds. The summed E-state index contributed by atoms with van der Waals surface area (Å²) >= 11 is 0. The zero-order chi connectivity index (χ0) is 22.3. The van der Waals surface area contributed by atoms with Crippen molar-refractivity contribution < 1.29 is 23.5 Å². The molecular formula is C23H25FN2O4. The first-order valence-corrected chi connectivity index (χ1v) is 9.53. The van der Waals surface area contributed by atoms with E-state index in [-0.39, 0.29) is 28.6 Å². The lowest BCUT2D eigenvalue weighted by Crippen LogP contribution is -2.19. The van der Waals surface area contributed by atoms with E-state index in [0.717, 1.165) is 11.1 Å². The van der Waals surface area contributed by atoms with Crippen LogP contribution in [0.3, 0.4) is 0 Å². The minimum atomic E-state index is -0.624. The van der Waals surface area contributed by atoms with E-state index in [4.69, 9.17) is 9.47 Å². The van der Waals surface area contributed by atoms with Gasteiger partial charge < -0.3 is 14.8 Å². The van der Waals surface area contributed by atoms with Crippen molar-refractivity contribution in [2.75, 3.05) is 21.3 Å². The maximum Gasteiger partial charge on any atom is 0.341 e. The molecule has 0 unspecified atom stereocenters. The van der Waals surface area contributed by atoms with Crippen LogP contribution in [0.4, 0.5) is 4.39 Å². The van der Waals surface area contributed by atoms with Crippen molar-refractivity contribution >= 4 is 22.8 Å². The first kappa shape index (κ1) is 22.8. The molecule has 1 heterocycles. The summed E-state index contributed by atoms with van der Waals surface area (Å²) in [5.74, 6) is -1.05. The fourth-order valence-electron chi connectivity index (χ4n) is 3.03. The Kier molecular flexibility index (Phi) is 7.86. The van der Waals surface area contributed by atoms with Gasteiger partial charge in [-0.05, 0) is 41.8 Å². The number of nitrogens with zero attached hydrogens (tertiary/aromatic N) is 1. The monoisotopic (exact) mass is 412 g/mol. The van der Waals surface area contributed by atoms with Crippen LogP contribution in [0.15, 0.2) is 42.6 Å². The Morgan fingerprint density at radius 1 is 1.03 bits per heavy atom. The molecule has 30 heavy (non-hydrogen) atoms. The fourth-order valence-corrected chi connectivity index (χ4v) is 3.03. The molecule has 0 fully saturated rings. The van der Waals surface area contributed by atoms with E-state index >= 15 is 0 Å². The smallest absolute Gasteiger partial charge is 0.341 e. The third kappa shape index (κ3) is 4.74. The molecule has 0 spiro atoms. The average molecular weight is 412 g/mol. The highest BCUT2D eigenvalue weighted by Gasteiger charge is 2.22. The number of rotatable bonds is 5. The van der Waals surface area contributed by atoms with Crippen molar-refractivity contribution in [3.05, 3.63) is 70.7 Å². The molecule has 158 valence electrons. The Morgan fingerprint density at radius 2 is 1.70 bits per heavy atom. The number of carbonyl (C=O) groups excluding carboxylic acids is 2. The van der Waals surface area contributed by atoms with Crippen LogP contribution in [0, 0.1) is 5.82 Å². The van der Waals surface area contributed by atoms with Gasteiger partial charge in [-0.25, -0.2) is 9.18 Å². The third-order valence-corrected chi connectivity index (χ3v) is 4.39. The summed E-state index contributed by atoms with van der Waals surface area (Å²) in [4.78, 5) is 29.0. The Labute approximate surface area is 175 Å². The van der Waals surface area contributed by atoms with Crippen LogP contribution in [0.5, 0.6) is 5.75 Å². The molecule has 0 radical (unpaired) electrons. The molecule has 1 aromatic heterocycles. The van der Waals surface area contributed by atoms with E-state index < -0.39 is 5.97 Å². The molecule has 3 rings (SSSR count). The van der Waals surface area contributed by atoms with E-state index in [1.54, 1.807) is 18.3 Å². The minimum Gasteiger partial charge on any atom is -0.494 e. The molecule has 0 atom stereocenters. The number of hydrogen-bond donors (Lipinski definition) is 1. The number of fused-ring (bicyclic) bond motifs is 1. The SMILES string of the molecule is CC.CNC(=O)c1cc(C(=O)OC)c(OC)c2ncc(Cc3ccc(F)cc3)cc12. The third-order valence-electron chi connectivity index (χ3n) is 4.39. The molecular weight excluding hydrogens is 387 g/mol. The van der Waals surface area contributed by atoms with Gasteiger partial charge in [-0.3, -0.25) is 9.78 Å². The van der Waals surface area contributed by atoms with Crippen LogP contribution < -0.4 is 10.1 Å². The number of halogens is 1. The number of amides is 1. The lowest BCUT2D eigenvalue weighted by molar-refractivity contribution is 0.0597. The topological polar surface area (TPSA) is 77.5 Å². The maximum atomic E-state index is 13.1. The zero-order valence-corrected chi connectivity index (χ0v) is 17.7. The predicted molar refractivity (Wildman–Crippen MR) is 114 cm³/mol. The van der Waals surface area contributed by atoms with Gasteiger partial charge in [0, 0.05) is 24.2 Å². The number of hydrogen-bond acceptors (Lipinski definition) is 5. The largest absolute Gasteiger partial charge is 0.494 e. The van der Waals surface area contributed by atoms with Crippen molar-refractivity contribution in [3.63, 3.8) is 0 Å². The van der Waals surface area contributed by atoms with E-state index in [9.17, 15) is 14.0 Å². The standard InChI is InChI=1S/C21H19FN2O4.C2H6/c1-23-20(25)16-10-17(21(26)28-3)19(27-2)18-15(16)9-13(11-24-18)8-12-4-6-14(22)7-5-12;1-2/h4-7,9-11H,8H2,1-3H3,(H,23,25);1-2H3. The van der Waals surface area contributed by atoms with Crippen LogP contribution in [0.25, 0.3) is 10.9 Å². The van der Waals surface area contributed by atoms with Crippen molar-refractivity contribution in [1.82, 2.24) is 10.3 Å². The number of ether oxygens (including phenoxy) is 2. The first-order valence-electron chi connectivity index (χ1n) is 9.53. The summed E-state index contributed by atoms with van der Waals surface area (Å²) < 4.78 is 23.3. The van der Waals surface area contributed by atoms with Crippen molar-refractivity contribution in [2.24, 2.45) is 0 Å². The Balaban J connectivity index is 0.00000155. The van der Waals surface area contributed by atoms with Gasteiger partial charge in [0.05, 0.1) is 14.2 Å². The van der Waals surface area contributed by atoms with Gasteiger partial charge >= 0.3 is 5.97 Å². The normalized spacial score (nSPS) is 10.1. The van der Waals surface area contributed by atoms with Crippen molar-refractivity contribution in [2.45, 2.75) is 20.3 Å². The summed E-state index contributed by atoms with van der Waals surface area (Å²) in [5.41, 5.74) is 2.52. The Bertz CT molecular complexity index is 1050. The highest BCUT2D eigenvalue weighted by atomic mass is 19.1. The molecule has 0 saturated heterocycles. The van der Waals surface area contributed by atoms with Crippen molar-refractivity contribution in [3.8, 4) is 5.75 Å². The van der Waals surface area contributed by atoms with Crippen LogP contribution in [-0.2, 0) is 11.2 Å². The molecule has 1 N–H and O–H groups in total. The van der Waals surface area contributed by atoms with E-state index in [0.29, 0.717) is 17.3 Å². The van der Waals surface area contributed by atoms with Gasteiger partial charge in [-0.1, -0.05) is 26.0 Å². The van der Waals surface area contributed by atoms with E-state index in [1.165, 1.54) is 39.5 Å². The molecule has 6 nitrogen and oxygen atoms in total. The van der Waals surface area contributed by atoms with Crippen LogP contribution >= 0.6 is 0 Å². The van der Waals surface area contributed by atoms with Gasteiger partial charge in [0.2, 0.25) is 0 Å². The molecule has 7 heteroatoms. The van der Waals surface area contributed by atoms with Crippen LogP contribution in [0.1, 0.15) is 45.7 Å². The highest BCUT2D eigenvalue weighted by Crippen LogP contribution is 2.32. The zero-order valence-electron chi connectivity index (χ0n) is 17.7. The molecule has 0 saturated carbocycles. The summed E-state index contributed by atoms with van der Waals surface area (Å²) in [6, 6.07) is 9.44. The Morgan fingerprint density at radius 3 is 2.27 bits per heavy atom. The quantitative estimate of drug-likeness (QED) is 0.637. The van der Waals surface area contributed by atoms with Gasteiger partial charge in [-0.15, -0.1) is 0 Å². The predicted octanol–water partition coefficient (Wildman–Crippen LogP) is 4.15. The number of esters is 1. The number of nitrogens with one attached hydrogen (secondary N) is 1. The second-order valence-electron chi connectivity index (χ2n) is 6.12. The van der Waals surface area contributed by atoms with Gasteiger partial charge in [-0.2, -0.15) is 0 Å². The Hall–Kier alpha value is -3.48. The van der Waals surface area contributed by atoms with Crippen LogP contribution in [-0.4, -0.2) is 38.1 Å². The number of carbonyl (C=O) groups is 2. The second-order valence-corrected chi connectivity index (χ2v) is 6.12. The first-order chi connectivity index (χ1) is 14.5. The number of methoxy groups -OCH3 is 2. The molecule has 3 aromatic rings. The lowest BCUT2D eigenvalue weighted by Gasteiger charge is -2.14. The maximum absolute atomic E-state index is 13.1. The molecule has 0 bridgehead atoms. The molecule has 2 aromatic carbocycles. The summed E-state index contributed by atoms with van der Waals surface area (Å²) in [6.45, 7) is 4.00.